The highest BCUT2D eigenvalue weighted by Crippen LogP contribution is 2.29. The number of nitrogens with zero attached hydrogens (tertiary/aromatic N) is 2. The largest absolute Gasteiger partial charge is 0.489 e. The summed E-state index contributed by atoms with van der Waals surface area (Å²) in [5, 5.41) is 12.8. The smallest absolute Gasteiger partial charge is 0.217 e. The van der Waals surface area contributed by atoms with Gasteiger partial charge in [0.05, 0.1) is 5.02 Å². The topological polar surface area (TPSA) is 65.4 Å². The second-order valence-corrected chi connectivity index (χ2v) is 8.50. The average molecular weight is 404 g/mol. The van der Waals surface area contributed by atoms with Crippen LogP contribution >= 0.6 is 11.6 Å². The van der Waals surface area contributed by atoms with Gasteiger partial charge < -0.3 is 15.0 Å². The summed E-state index contributed by atoms with van der Waals surface area (Å²) >= 11 is 6.09. The zero-order valence-electron chi connectivity index (χ0n) is 16.6. The number of halogens is 1. The van der Waals surface area contributed by atoms with Gasteiger partial charge in [0.25, 0.3) is 0 Å². The molecule has 1 saturated heterocycles. The SMILES string of the molecule is CC(=O)N[C@H]1CC[C@H](CCN2CCC(Oc3cccc(Cl)c3C#N)CC2)CC1. The van der Waals surface area contributed by atoms with Crippen LogP contribution in [-0.2, 0) is 4.79 Å². The number of hydrogen-bond acceptors (Lipinski definition) is 4. The molecule has 2 aliphatic rings. The average Bonchev–Trinajstić information content (AvgIpc) is 2.68. The molecule has 1 N–H and O–H groups in total. The molecule has 1 amide bonds. The fraction of sp³-hybridized carbons (Fsp3) is 0.636. The highest BCUT2D eigenvalue weighted by atomic mass is 35.5. The van der Waals surface area contributed by atoms with E-state index in [2.05, 4.69) is 16.3 Å². The second kappa shape index (κ2) is 10.1. The normalized spacial score (nSPS) is 23.8. The van der Waals surface area contributed by atoms with Crippen LogP contribution in [0.5, 0.6) is 5.75 Å². The van der Waals surface area contributed by atoms with E-state index in [0.717, 1.165) is 51.2 Å². The van der Waals surface area contributed by atoms with Crippen molar-refractivity contribution in [2.45, 2.75) is 64.0 Å². The molecule has 152 valence electrons. The van der Waals surface area contributed by atoms with Crippen molar-refractivity contribution < 1.29 is 9.53 Å². The summed E-state index contributed by atoms with van der Waals surface area (Å²) in [6.45, 7) is 4.82. The van der Waals surface area contributed by atoms with E-state index in [0.29, 0.717) is 22.4 Å². The van der Waals surface area contributed by atoms with Gasteiger partial charge in [0.2, 0.25) is 5.91 Å². The van der Waals surface area contributed by atoms with Gasteiger partial charge in [-0.05, 0) is 69.5 Å². The molecular formula is C22H30ClN3O2. The van der Waals surface area contributed by atoms with Crippen molar-refractivity contribution in [2.24, 2.45) is 5.92 Å². The number of piperidine rings is 1. The number of nitrogens with one attached hydrogen (secondary N) is 1. The molecule has 1 aliphatic carbocycles. The molecule has 2 fully saturated rings. The minimum atomic E-state index is 0.0909. The summed E-state index contributed by atoms with van der Waals surface area (Å²) in [5.74, 6) is 1.47. The van der Waals surface area contributed by atoms with Crippen molar-refractivity contribution in [3.63, 3.8) is 0 Å². The molecule has 1 aliphatic heterocycles. The fourth-order valence-corrected chi connectivity index (χ4v) is 4.60. The minimum absolute atomic E-state index is 0.0909. The van der Waals surface area contributed by atoms with Crippen molar-refractivity contribution >= 4 is 17.5 Å². The predicted octanol–water partition coefficient (Wildman–Crippen LogP) is 4.14. The lowest BCUT2D eigenvalue weighted by atomic mass is 9.84. The van der Waals surface area contributed by atoms with E-state index >= 15 is 0 Å². The number of benzene rings is 1. The number of carbonyl (C=O) groups is 1. The molecule has 3 rings (SSSR count). The van der Waals surface area contributed by atoms with Gasteiger partial charge in [-0.15, -0.1) is 0 Å². The summed E-state index contributed by atoms with van der Waals surface area (Å²) in [6, 6.07) is 7.90. The first-order valence-corrected chi connectivity index (χ1v) is 10.8. The molecule has 0 aromatic heterocycles. The first-order valence-electron chi connectivity index (χ1n) is 10.4. The molecular weight excluding hydrogens is 374 g/mol. The van der Waals surface area contributed by atoms with Gasteiger partial charge in [0, 0.05) is 26.1 Å². The Morgan fingerprint density at radius 3 is 2.61 bits per heavy atom. The van der Waals surface area contributed by atoms with Gasteiger partial charge in [-0.1, -0.05) is 17.7 Å². The first kappa shape index (κ1) is 21.0. The van der Waals surface area contributed by atoms with Gasteiger partial charge >= 0.3 is 0 Å². The summed E-state index contributed by atoms with van der Waals surface area (Å²) in [6.07, 6.45) is 8.01. The Bertz CT molecular complexity index is 702. The van der Waals surface area contributed by atoms with Crippen LogP contribution in [0.1, 0.15) is 57.4 Å². The summed E-state index contributed by atoms with van der Waals surface area (Å²) in [5.41, 5.74) is 0.432. The van der Waals surface area contributed by atoms with E-state index in [1.54, 1.807) is 13.0 Å². The monoisotopic (exact) mass is 403 g/mol. The Balaban J connectivity index is 1.37. The molecule has 5 nitrogen and oxygen atoms in total. The third-order valence-corrected chi connectivity index (χ3v) is 6.34. The summed E-state index contributed by atoms with van der Waals surface area (Å²) < 4.78 is 6.08. The molecule has 6 heteroatoms. The summed E-state index contributed by atoms with van der Waals surface area (Å²) in [7, 11) is 0. The number of carbonyl (C=O) groups excluding carboxylic acids is 1. The number of rotatable bonds is 6. The molecule has 0 spiro atoms. The van der Waals surface area contributed by atoms with Crippen molar-refractivity contribution in [1.82, 2.24) is 10.2 Å². The Morgan fingerprint density at radius 1 is 1.25 bits per heavy atom. The fourth-order valence-electron chi connectivity index (χ4n) is 4.39. The lowest BCUT2D eigenvalue weighted by Gasteiger charge is -2.34. The maximum absolute atomic E-state index is 11.2. The van der Waals surface area contributed by atoms with Gasteiger partial charge in [0.15, 0.2) is 0 Å². The van der Waals surface area contributed by atoms with Gasteiger partial charge in [-0.25, -0.2) is 0 Å². The molecule has 1 aromatic carbocycles. The highest BCUT2D eigenvalue weighted by molar-refractivity contribution is 6.31. The highest BCUT2D eigenvalue weighted by Gasteiger charge is 2.25. The molecule has 0 bridgehead atoms. The standard InChI is InChI=1S/C22H30ClN3O2/c1-16(27)25-18-7-5-17(6-8-18)9-12-26-13-10-19(11-14-26)28-22-4-2-3-21(23)20(22)15-24/h2-4,17-19H,5-14H2,1H3,(H,25,27)/t17-,18-. The quantitative estimate of drug-likeness (QED) is 0.775. The Kier molecular flexibility index (Phi) is 7.58. The number of ether oxygens (including phenoxy) is 1. The van der Waals surface area contributed by atoms with Crippen molar-refractivity contribution in [1.29, 1.82) is 5.26 Å². The van der Waals surface area contributed by atoms with Crippen molar-refractivity contribution in [3.05, 3.63) is 28.8 Å². The van der Waals surface area contributed by atoms with Crippen LogP contribution in [-0.4, -0.2) is 42.6 Å². The zero-order valence-corrected chi connectivity index (χ0v) is 17.4. The van der Waals surface area contributed by atoms with Crippen LogP contribution in [0.15, 0.2) is 18.2 Å². The lowest BCUT2D eigenvalue weighted by molar-refractivity contribution is -0.119. The van der Waals surface area contributed by atoms with E-state index in [-0.39, 0.29) is 12.0 Å². The van der Waals surface area contributed by atoms with Crippen LogP contribution in [0, 0.1) is 17.2 Å². The van der Waals surface area contributed by atoms with Gasteiger partial charge in [-0.2, -0.15) is 5.26 Å². The Hall–Kier alpha value is -1.77. The number of hydrogen-bond donors (Lipinski definition) is 1. The minimum Gasteiger partial charge on any atom is -0.489 e. The maximum Gasteiger partial charge on any atom is 0.217 e. The molecule has 1 aromatic rings. The summed E-state index contributed by atoms with van der Waals surface area (Å²) in [4.78, 5) is 13.7. The third-order valence-electron chi connectivity index (χ3n) is 6.02. The Labute approximate surface area is 173 Å². The molecule has 1 saturated carbocycles. The van der Waals surface area contributed by atoms with Crippen LogP contribution in [0.3, 0.4) is 0 Å². The van der Waals surface area contributed by atoms with E-state index in [4.69, 9.17) is 16.3 Å². The molecule has 0 radical (unpaired) electrons. The molecule has 0 atom stereocenters. The van der Waals surface area contributed by atoms with Crippen LogP contribution in [0.25, 0.3) is 0 Å². The lowest BCUT2D eigenvalue weighted by Crippen LogP contribution is -2.40. The predicted molar refractivity (Wildman–Crippen MR) is 110 cm³/mol. The third kappa shape index (κ3) is 5.86. The van der Waals surface area contributed by atoms with Crippen molar-refractivity contribution in [3.8, 4) is 11.8 Å². The first-order chi connectivity index (χ1) is 13.5. The van der Waals surface area contributed by atoms with E-state index in [1.165, 1.54) is 19.3 Å². The molecule has 1 heterocycles. The number of amides is 1. The van der Waals surface area contributed by atoms with Crippen molar-refractivity contribution in [2.75, 3.05) is 19.6 Å². The Morgan fingerprint density at radius 2 is 1.96 bits per heavy atom. The van der Waals surface area contributed by atoms with E-state index in [9.17, 15) is 10.1 Å². The molecule has 28 heavy (non-hydrogen) atoms. The van der Waals surface area contributed by atoms with Crippen LogP contribution in [0.2, 0.25) is 5.02 Å². The second-order valence-electron chi connectivity index (χ2n) is 8.09. The van der Waals surface area contributed by atoms with Crippen LogP contribution in [0.4, 0.5) is 0 Å². The number of nitriles is 1. The maximum atomic E-state index is 11.2. The number of likely N-dealkylation sites (tertiary alicyclic amines) is 1. The van der Waals surface area contributed by atoms with Gasteiger partial charge in [0.1, 0.15) is 23.5 Å². The van der Waals surface area contributed by atoms with E-state index in [1.807, 2.05) is 12.1 Å². The van der Waals surface area contributed by atoms with E-state index < -0.39 is 0 Å². The zero-order chi connectivity index (χ0) is 19.9. The van der Waals surface area contributed by atoms with Gasteiger partial charge in [-0.3, -0.25) is 4.79 Å². The van der Waals surface area contributed by atoms with Crippen LogP contribution < -0.4 is 10.1 Å². The molecule has 0 unspecified atom stereocenters.